The number of methoxy groups -OCH3 is 1. The molecule has 0 aliphatic carbocycles. The highest BCUT2D eigenvalue weighted by molar-refractivity contribution is 6.39. The van der Waals surface area contributed by atoms with Crippen molar-refractivity contribution in [1.82, 2.24) is 0 Å². The van der Waals surface area contributed by atoms with Crippen LogP contribution in [-0.2, 0) is 20.7 Å². The number of hydrogen-bond donors (Lipinski definition) is 1. The van der Waals surface area contributed by atoms with Crippen LogP contribution >= 0.6 is 0 Å². The van der Waals surface area contributed by atoms with Crippen LogP contribution in [0.15, 0.2) is 54.3 Å². The molecule has 0 spiro atoms. The fourth-order valence-corrected chi connectivity index (χ4v) is 2.82. The van der Waals surface area contributed by atoms with Crippen LogP contribution < -0.4 is 10.6 Å². The third-order valence-corrected chi connectivity index (χ3v) is 3.97. The van der Waals surface area contributed by atoms with Crippen molar-refractivity contribution in [1.29, 1.82) is 0 Å². The molecule has 3 amide bonds. The molecule has 1 aliphatic rings. The van der Waals surface area contributed by atoms with Gasteiger partial charge < -0.3 is 15.2 Å². The van der Waals surface area contributed by atoms with Crippen molar-refractivity contribution in [3.8, 4) is 0 Å². The van der Waals surface area contributed by atoms with E-state index in [1.54, 1.807) is 24.3 Å². The SMILES string of the molecule is COC(=O)O/C(Cc1ccccc1)=C1/C(=O)N(C(N)=O)c2cc(F)ccc21. The molecule has 0 saturated carbocycles. The first-order chi connectivity index (χ1) is 12.9. The third kappa shape index (κ3) is 3.50. The van der Waals surface area contributed by atoms with Crippen molar-refractivity contribution < 1.29 is 28.2 Å². The van der Waals surface area contributed by atoms with Crippen molar-refractivity contribution in [2.45, 2.75) is 6.42 Å². The Morgan fingerprint density at radius 3 is 2.48 bits per heavy atom. The molecule has 27 heavy (non-hydrogen) atoms. The molecular formula is C19H15FN2O5. The highest BCUT2D eigenvalue weighted by atomic mass is 19.1. The number of urea groups is 1. The Labute approximate surface area is 153 Å². The number of ether oxygens (including phenoxy) is 2. The summed E-state index contributed by atoms with van der Waals surface area (Å²) in [6, 6.07) is 11.3. The number of allylic oxidation sites excluding steroid dienone is 1. The van der Waals surface area contributed by atoms with Crippen LogP contribution in [0.4, 0.5) is 19.7 Å². The van der Waals surface area contributed by atoms with E-state index >= 15 is 0 Å². The average Bonchev–Trinajstić information content (AvgIpc) is 2.93. The maximum atomic E-state index is 13.7. The summed E-state index contributed by atoms with van der Waals surface area (Å²) in [4.78, 5) is 36.9. The van der Waals surface area contributed by atoms with Gasteiger partial charge in [0.05, 0.1) is 18.4 Å². The van der Waals surface area contributed by atoms with Crippen LogP contribution in [0.25, 0.3) is 5.57 Å². The molecule has 2 aromatic carbocycles. The normalized spacial score (nSPS) is 14.6. The first-order valence-electron chi connectivity index (χ1n) is 7.89. The summed E-state index contributed by atoms with van der Waals surface area (Å²) >= 11 is 0. The Kier molecular flexibility index (Phi) is 4.89. The zero-order chi connectivity index (χ0) is 19.6. The van der Waals surface area contributed by atoms with E-state index in [2.05, 4.69) is 4.74 Å². The number of anilines is 1. The lowest BCUT2D eigenvalue weighted by Gasteiger charge is -2.12. The van der Waals surface area contributed by atoms with Crippen LogP contribution in [0.3, 0.4) is 0 Å². The van der Waals surface area contributed by atoms with Gasteiger partial charge in [0, 0.05) is 12.0 Å². The largest absolute Gasteiger partial charge is 0.513 e. The van der Waals surface area contributed by atoms with E-state index in [4.69, 9.17) is 10.5 Å². The molecule has 2 aromatic rings. The fourth-order valence-electron chi connectivity index (χ4n) is 2.82. The van der Waals surface area contributed by atoms with Gasteiger partial charge >= 0.3 is 12.2 Å². The van der Waals surface area contributed by atoms with Crippen LogP contribution in [0.5, 0.6) is 0 Å². The fraction of sp³-hybridized carbons (Fsp3) is 0.105. The second-order valence-corrected chi connectivity index (χ2v) is 5.66. The predicted molar refractivity (Wildman–Crippen MR) is 94.0 cm³/mol. The molecule has 2 N–H and O–H groups in total. The van der Waals surface area contributed by atoms with Crippen LogP contribution in [0.2, 0.25) is 0 Å². The van der Waals surface area contributed by atoms with Gasteiger partial charge in [-0.25, -0.2) is 18.9 Å². The Morgan fingerprint density at radius 2 is 1.85 bits per heavy atom. The van der Waals surface area contributed by atoms with Gasteiger partial charge in [-0.3, -0.25) is 4.79 Å². The van der Waals surface area contributed by atoms with E-state index in [1.165, 1.54) is 6.07 Å². The molecule has 8 heteroatoms. The molecule has 0 atom stereocenters. The topological polar surface area (TPSA) is 98.9 Å². The van der Waals surface area contributed by atoms with Crippen LogP contribution in [-0.4, -0.2) is 25.2 Å². The summed E-state index contributed by atoms with van der Waals surface area (Å²) in [6.07, 6.45) is -0.956. The first kappa shape index (κ1) is 18.1. The molecule has 7 nitrogen and oxygen atoms in total. The van der Waals surface area contributed by atoms with Crippen molar-refractivity contribution in [2.75, 3.05) is 12.0 Å². The zero-order valence-corrected chi connectivity index (χ0v) is 14.3. The Balaban J connectivity index is 2.18. The molecule has 0 aromatic heterocycles. The van der Waals surface area contributed by atoms with Crippen LogP contribution in [0.1, 0.15) is 11.1 Å². The Morgan fingerprint density at radius 1 is 1.15 bits per heavy atom. The molecule has 0 fully saturated rings. The van der Waals surface area contributed by atoms with Gasteiger partial charge in [-0.05, 0) is 23.8 Å². The molecule has 1 heterocycles. The lowest BCUT2D eigenvalue weighted by atomic mass is 10.0. The van der Waals surface area contributed by atoms with Gasteiger partial charge in [0.2, 0.25) is 0 Å². The second-order valence-electron chi connectivity index (χ2n) is 5.66. The van der Waals surface area contributed by atoms with Gasteiger partial charge in [-0.15, -0.1) is 0 Å². The molecular weight excluding hydrogens is 355 g/mol. The van der Waals surface area contributed by atoms with Crippen LogP contribution in [0, 0.1) is 5.82 Å². The number of hydrogen-bond acceptors (Lipinski definition) is 5. The lowest BCUT2D eigenvalue weighted by Crippen LogP contribution is -2.38. The van der Waals surface area contributed by atoms with E-state index in [9.17, 15) is 18.8 Å². The maximum Gasteiger partial charge on any atom is 0.513 e. The molecule has 3 rings (SSSR count). The number of rotatable bonds is 3. The molecule has 0 saturated heterocycles. The highest BCUT2D eigenvalue weighted by Crippen LogP contribution is 2.39. The van der Waals surface area contributed by atoms with Crippen molar-refractivity contribution in [2.24, 2.45) is 5.73 Å². The number of amides is 3. The summed E-state index contributed by atoms with van der Waals surface area (Å²) in [5.74, 6) is -1.49. The minimum atomic E-state index is -1.07. The number of halogens is 1. The van der Waals surface area contributed by atoms with E-state index in [0.29, 0.717) is 4.90 Å². The summed E-state index contributed by atoms with van der Waals surface area (Å²) in [6.45, 7) is 0. The number of nitrogens with zero attached hydrogens (tertiary/aromatic N) is 1. The highest BCUT2D eigenvalue weighted by Gasteiger charge is 2.39. The molecule has 0 radical (unpaired) electrons. The molecule has 1 aliphatic heterocycles. The van der Waals surface area contributed by atoms with Gasteiger partial charge in [0.25, 0.3) is 5.91 Å². The number of carbonyl (C=O) groups excluding carboxylic acids is 3. The monoisotopic (exact) mass is 370 g/mol. The minimum Gasteiger partial charge on any atom is -0.437 e. The summed E-state index contributed by atoms with van der Waals surface area (Å²) in [5, 5.41) is 0. The molecule has 0 unspecified atom stereocenters. The summed E-state index contributed by atoms with van der Waals surface area (Å²) in [5.41, 5.74) is 6.19. The van der Waals surface area contributed by atoms with Gasteiger partial charge in [-0.2, -0.15) is 0 Å². The molecule has 0 bridgehead atoms. The predicted octanol–water partition coefficient (Wildman–Crippen LogP) is 2.99. The maximum absolute atomic E-state index is 13.7. The number of benzene rings is 2. The van der Waals surface area contributed by atoms with Crippen molar-refractivity contribution in [3.63, 3.8) is 0 Å². The van der Waals surface area contributed by atoms with Crippen molar-refractivity contribution >= 4 is 29.4 Å². The summed E-state index contributed by atoms with van der Waals surface area (Å²) in [7, 11) is 1.13. The quantitative estimate of drug-likeness (QED) is 0.509. The van der Waals surface area contributed by atoms with Crippen molar-refractivity contribution in [3.05, 3.63) is 71.2 Å². The van der Waals surface area contributed by atoms with Gasteiger partial charge in [-0.1, -0.05) is 30.3 Å². The van der Waals surface area contributed by atoms with Gasteiger partial charge in [0.1, 0.15) is 11.6 Å². The minimum absolute atomic E-state index is 0.0125. The average molecular weight is 370 g/mol. The van der Waals surface area contributed by atoms with E-state index < -0.39 is 23.9 Å². The first-order valence-corrected chi connectivity index (χ1v) is 7.89. The lowest BCUT2D eigenvalue weighted by molar-refractivity contribution is -0.112. The third-order valence-electron chi connectivity index (χ3n) is 3.97. The van der Waals surface area contributed by atoms with E-state index in [-0.39, 0.29) is 29.0 Å². The number of primary amides is 1. The number of carbonyl (C=O) groups is 3. The molecule has 138 valence electrons. The van der Waals surface area contributed by atoms with E-state index in [1.807, 2.05) is 6.07 Å². The van der Waals surface area contributed by atoms with E-state index in [0.717, 1.165) is 24.8 Å². The second kappa shape index (κ2) is 7.28. The number of fused-ring (bicyclic) bond motifs is 1. The number of nitrogens with two attached hydrogens (primary N) is 1. The number of imide groups is 1. The zero-order valence-electron chi connectivity index (χ0n) is 14.3. The standard InChI is InChI=1S/C19H15FN2O5/c1-26-19(25)27-15(9-11-5-3-2-4-6-11)16-13-8-7-12(20)10-14(13)22(17(16)23)18(21)24/h2-8,10H,9H2,1H3,(H2,21,24)/b16-15+. The Hall–Kier alpha value is -3.68. The summed E-state index contributed by atoms with van der Waals surface area (Å²) < 4.78 is 23.4. The van der Waals surface area contributed by atoms with Gasteiger partial charge in [0.15, 0.2) is 0 Å². The smallest absolute Gasteiger partial charge is 0.437 e. The Bertz CT molecular complexity index is 956.